The second-order valence-corrected chi connectivity index (χ2v) is 11.9. The van der Waals surface area contributed by atoms with Crippen LogP contribution in [0.25, 0.3) is 5.32 Å². The van der Waals surface area contributed by atoms with Crippen LogP contribution < -0.4 is 0 Å². The van der Waals surface area contributed by atoms with Gasteiger partial charge in [0, 0.05) is 39.1 Å². The molecule has 6 aromatic rings. The third-order valence-electron chi connectivity index (χ3n) is 7.26. The van der Waals surface area contributed by atoms with E-state index in [0.29, 0.717) is 11.8 Å². The van der Waals surface area contributed by atoms with Gasteiger partial charge in [0.2, 0.25) is 0 Å². The summed E-state index contributed by atoms with van der Waals surface area (Å²) in [5.74, 6) is 0.847. The van der Waals surface area contributed by atoms with Gasteiger partial charge in [-0.05, 0) is 23.9 Å². The summed E-state index contributed by atoms with van der Waals surface area (Å²) in [5.41, 5.74) is 9.08. The molecule has 0 N–H and O–H groups in total. The quantitative estimate of drug-likeness (QED) is 0.122. The molecule has 0 aliphatic rings. The molecule has 6 rings (SSSR count). The molecule has 1 aromatic heterocycles. The molecule has 1 heterocycles. The molecule has 5 aromatic carbocycles. The third kappa shape index (κ3) is 13.8. The Kier molecular flexibility index (Phi) is 17.8. The van der Waals surface area contributed by atoms with E-state index in [1.807, 2.05) is 115 Å². The smallest absolute Gasteiger partial charge is 0.0523 e. The molecule has 0 spiro atoms. The SMILES string of the molecule is CC(C)c1cccc(C(C)C)c1[N-]C(c1ccccc1)c1ccn(C)n1.[CH2-]c1ccccc1.[CH2-]c1ccccc1.[CH2-]c1ccccc1.[Hf]. The maximum atomic E-state index is 5.28. The molecule has 0 bridgehead atoms. The molecule has 1 unspecified atom stereocenters. The molecule has 0 radical (unpaired) electrons. The molecule has 0 fully saturated rings. The van der Waals surface area contributed by atoms with Crippen LogP contribution in [0.3, 0.4) is 0 Å². The van der Waals surface area contributed by atoms with E-state index in [2.05, 4.69) is 102 Å². The van der Waals surface area contributed by atoms with Gasteiger partial charge in [-0.1, -0.05) is 111 Å². The van der Waals surface area contributed by atoms with Crippen LogP contribution >= 0.6 is 0 Å². The van der Waals surface area contributed by atoms with Crippen LogP contribution in [0.15, 0.2) is 152 Å². The Morgan fingerprint density at radius 2 is 0.896 bits per heavy atom. The summed E-state index contributed by atoms with van der Waals surface area (Å²) in [7, 11) is 1.95. The zero-order chi connectivity index (χ0) is 34.0. The summed E-state index contributed by atoms with van der Waals surface area (Å²) in [6.45, 7) is 20.1. The maximum absolute atomic E-state index is 5.28. The van der Waals surface area contributed by atoms with Crippen LogP contribution in [0, 0.1) is 20.8 Å². The number of rotatable bonds is 6. The van der Waals surface area contributed by atoms with Gasteiger partial charge in [-0.3, -0.25) is 4.68 Å². The van der Waals surface area contributed by atoms with Crippen molar-refractivity contribution in [1.82, 2.24) is 9.78 Å². The average molecular weight is 798 g/mol. The second kappa shape index (κ2) is 21.5. The number of para-hydroxylation sites is 1. The number of nitrogens with zero attached hydrogens (tertiary/aromatic N) is 3. The number of aromatic nitrogens is 2. The fraction of sp³-hybridized carbons (Fsp3) is 0.182. The minimum atomic E-state index is -0.102. The summed E-state index contributed by atoms with van der Waals surface area (Å²) < 4.78 is 1.85. The van der Waals surface area contributed by atoms with Crippen LogP contribution in [-0.4, -0.2) is 9.78 Å². The summed E-state index contributed by atoms with van der Waals surface area (Å²) >= 11 is 0. The van der Waals surface area contributed by atoms with E-state index in [-0.39, 0.29) is 31.9 Å². The predicted molar refractivity (Wildman–Crippen MR) is 202 cm³/mol. The van der Waals surface area contributed by atoms with Crippen molar-refractivity contribution in [3.63, 3.8) is 0 Å². The van der Waals surface area contributed by atoms with Crippen molar-refractivity contribution in [2.45, 2.75) is 45.6 Å². The molecule has 0 saturated carbocycles. The van der Waals surface area contributed by atoms with E-state index < -0.39 is 0 Å². The van der Waals surface area contributed by atoms with Gasteiger partial charge < -0.3 is 5.32 Å². The zero-order valence-corrected chi connectivity index (χ0v) is 32.7. The van der Waals surface area contributed by atoms with E-state index in [0.717, 1.165) is 28.1 Å². The minimum Gasteiger partial charge on any atom is -0.673 e. The Balaban J connectivity index is 0.000000292. The Morgan fingerprint density at radius 1 is 0.521 bits per heavy atom. The monoisotopic (exact) mass is 799 g/mol. The van der Waals surface area contributed by atoms with Crippen molar-refractivity contribution < 1.29 is 25.8 Å². The maximum Gasteiger partial charge on any atom is 0.0523 e. The molecule has 248 valence electrons. The van der Waals surface area contributed by atoms with Crippen LogP contribution in [0.5, 0.6) is 0 Å². The first kappa shape index (κ1) is 39.8. The van der Waals surface area contributed by atoms with E-state index >= 15 is 0 Å². The molecule has 4 heteroatoms. The molecule has 1 atom stereocenters. The van der Waals surface area contributed by atoms with Crippen molar-refractivity contribution in [1.29, 1.82) is 0 Å². The van der Waals surface area contributed by atoms with E-state index in [1.165, 1.54) is 16.7 Å². The van der Waals surface area contributed by atoms with Gasteiger partial charge in [-0.15, -0.1) is 42.1 Å². The Bertz CT molecular complexity index is 1560. The van der Waals surface area contributed by atoms with Crippen molar-refractivity contribution in [3.05, 3.63) is 217 Å². The van der Waals surface area contributed by atoms with E-state index in [1.54, 1.807) is 0 Å². The van der Waals surface area contributed by atoms with E-state index in [4.69, 9.17) is 5.32 Å². The molecular weight excluding hydrogens is 749 g/mol. The summed E-state index contributed by atoms with van der Waals surface area (Å²) in [5, 5.41) is 9.93. The van der Waals surface area contributed by atoms with Gasteiger partial charge in [0.15, 0.2) is 0 Å². The first-order valence-corrected chi connectivity index (χ1v) is 16.1. The van der Waals surface area contributed by atoms with Crippen molar-refractivity contribution in [2.24, 2.45) is 7.05 Å². The molecule has 0 amide bonds. The minimum absolute atomic E-state index is 0. The standard InChI is InChI=1S/C23H28N3.3C7H7.Hf/c1-16(2)19-12-9-13-20(17(3)4)23(19)24-22(18-10-7-6-8-11-18)21-14-15-26(5)25-21;3*1-7-5-3-2-4-6-7;/h6-17,22H,1-5H3;3*2-6H,1H2;/q4*-1;. The number of benzene rings is 5. The first-order valence-electron chi connectivity index (χ1n) is 16.1. The molecule has 0 aliphatic carbocycles. The fourth-order valence-corrected chi connectivity index (χ4v) is 4.75. The summed E-state index contributed by atoms with van der Waals surface area (Å²) in [4.78, 5) is 0. The van der Waals surface area contributed by atoms with Crippen LogP contribution in [-0.2, 0) is 32.9 Å². The normalized spacial score (nSPS) is 10.6. The number of aryl methyl sites for hydroxylation is 1. The zero-order valence-electron chi connectivity index (χ0n) is 29.1. The van der Waals surface area contributed by atoms with Crippen LogP contribution in [0.4, 0.5) is 5.69 Å². The van der Waals surface area contributed by atoms with Gasteiger partial charge in [0.25, 0.3) is 0 Å². The molecule has 48 heavy (non-hydrogen) atoms. The number of hydrogen-bond acceptors (Lipinski definition) is 1. The van der Waals surface area contributed by atoms with Gasteiger partial charge in [-0.2, -0.15) is 79.0 Å². The summed E-state index contributed by atoms with van der Waals surface area (Å²) in [6, 6.07) is 48.6. The summed E-state index contributed by atoms with van der Waals surface area (Å²) in [6.07, 6.45) is 1.98. The Morgan fingerprint density at radius 3 is 1.19 bits per heavy atom. The third-order valence-corrected chi connectivity index (χ3v) is 7.26. The van der Waals surface area contributed by atoms with Crippen molar-refractivity contribution >= 4 is 5.69 Å². The largest absolute Gasteiger partial charge is 0.673 e. The Hall–Kier alpha value is -4.41. The van der Waals surface area contributed by atoms with Gasteiger partial charge >= 0.3 is 0 Å². The van der Waals surface area contributed by atoms with Gasteiger partial charge in [0.1, 0.15) is 0 Å². The topological polar surface area (TPSA) is 31.9 Å². The molecular formula is C44H49HfN3-4. The Labute approximate surface area is 309 Å². The number of hydrogen-bond donors (Lipinski definition) is 0. The van der Waals surface area contributed by atoms with Crippen LogP contribution in [0.1, 0.15) is 84.6 Å². The first-order chi connectivity index (χ1) is 22.7. The molecule has 3 nitrogen and oxygen atoms in total. The van der Waals surface area contributed by atoms with Gasteiger partial charge in [0.05, 0.1) is 5.69 Å². The van der Waals surface area contributed by atoms with Crippen LogP contribution in [0.2, 0.25) is 0 Å². The molecule has 0 aliphatic heterocycles. The fourth-order valence-electron chi connectivity index (χ4n) is 4.75. The molecule has 0 saturated heterocycles. The van der Waals surface area contributed by atoms with Crippen molar-refractivity contribution in [3.8, 4) is 0 Å². The average Bonchev–Trinajstić information content (AvgIpc) is 3.51. The predicted octanol–water partition coefficient (Wildman–Crippen LogP) is 12.1. The van der Waals surface area contributed by atoms with Gasteiger partial charge in [-0.25, -0.2) is 0 Å². The van der Waals surface area contributed by atoms with Crippen molar-refractivity contribution in [2.75, 3.05) is 0 Å². The van der Waals surface area contributed by atoms with E-state index in [9.17, 15) is 0 Å². The second-order valence-electron chi connectivity index (χ2n) is 11.9.